The lowest BCUT2D eigenvalue weighted by Gasteiger charge is -2.32. The number of carbonyl (C=O) groups excluding carboxylic acids is 5. The van der Waals surface area contributed by atoms with E-state index in [2.05, 4.69) is 16.0 Å². The van der Waals surface area contributed by atoms with Crippen molar-refractivity contribution < 1.29 is 42.9 Å². The maximum atomic E-state index is 13.6. The first-order valence-electron chi connectivity index (χ1n) is 13.1. The fraction of sp³-hybridized carbons (Fsp3) is 0.731. The Bertz CT molecular complexity index is 916. The number of carbonyl (C=O) groups is 5. The maximum absolute atomic E-state index is 13.6. The number of ether oxygens (including phenoxy) is 4. The summed E-state index contributed by atoms with van der Waals surface area (Å²) in [6, 6.07) is -4.01. The van der Waals surface area contributed by atoms with Gasteiger partial charge in [0, 0.05) is 6.54 Å². The third-order valence-corrected chi connectivity index (χ3v) is 6.04. The molecule has 2 rings (SSSR count). The molecule has 0 saturated carbocycles. The Morgan fingerprint density at radius 3 is 2.28 bits per heavy atom. The van der Waals surface area contributed by atoms with Crippen LogP contribution in [-0.4, -0.2) is 105 Å². The molecule has 0 bridgehead atoms. The SMILES string of the molecule is COC(=O)[C@@H]1COC/C=C/COC[C@H](NC(=O)OC(C)(C)C)C(=O)N[C@@H](C(C)C)C(=O)N2CCC[C@H]2C(=O)N1. The normalized spacial score (nSPS) is 26.9. The summed E-state index contributed by atoms with van der Waals surface area (Å²) in [4.78, 5) is 66.1. The third kappa shape index (κ3) is 10.1. The zero-order valence-corrected chi connectivity index (χ0v) is 23.6. The molecule has 13 nitrogen and oxygen atoms in total. The van der Waals surface area contributed by atoms with Gasteiger partial charge in [0.05, 0.1) is 33.5 Å². The minimum Gasteiger partial charge on any atom is -0.467 e. The predicted molar refractivity (Wildman–Crippen MR) is 139 cm³/mol. The molecule has 1 saturated heterocycles. The molecule has 0 aromatic carbocycles. The molecule has 220 valence electrons. The quantitative estimate of drug-likeness (QED) is 0.328. The average molecular weight is 555 g/mol. The van der Waals surface area contributed by atoms with Gasteiger partial charge < -0.3 is 39.8 Å². The van der Waals surface area contributed by atoms with Crippen LogP contribution in [0.15, 0.2) is 12.2 Å². The van der Waals surface area contributed by atoms with Gasteiger partial charge in [0.25, 0.3) is 0 Å². The molecule has 1 fully saturated rings. The molecule has 0 aromatic rings. The molecular formula is C26H42N4O9. The van der Waals surface area contributed by atoms with Crippen molar-refractivity contribution in [1.82, 2.24) is 20.9 Å². The molecule has 0 spiro atoms. The molecule has 2 aliphatic heterocycles. The molecule has 4 amide bonds. The van der Waals surface area contributed by atoms with E-state index < -0.39 is 59.6 Å². The van der Waals surface area contributed by atoms with Gasteiger partial charge in [0.2, 0.25) is 17.7 Å². The Balaban J connectivity index is 2.31. The zero-order chi connectivity index (χ0) is 29.2. The van der Waals surface area contributed by atoms with Crippen molar-refractivity contribution in [1.29, 1.82) is 0 Å². The van der Waals surface area contributed by atoms with Crippen LogP contribution < -0.4 is 16.0 Å². The number of fused-ring (bicyclic) bond motifs is 1. The molecule has 0 radical (unpaired) electrons. The lowest BCUT2D eigenvalue weighted by atomic mass is 10.0. The van der Waals surface area contributed by atoms with Crippen LogP contribution in [0.4, 0.5) is 4.79 Å². The summed E-state index contributed by atoms with van der Waals surface area (Å²) in [6.45, 7) is 8.84. The minimum absolute atomic E-state index is 0.0995. The van der Waals surface area contributed by atoms with Gasteiger partial charge in [-0.3, -0.25) is 14.4 Å². The number of rotatable bonds is 3. The van der Waals surface area contributed by atoms with E-state index in [9.17, 15) is 24.0 Å². The molecule has 0 aromatic heterocycles. The van der Waals surface area contributed by atoms with Crippen LogP contribution in [0.1, 0.15) is 47.5 Å². The van der Waals surface area contributed by atoms with Gasteiger partial charge in [-0.15, -0.1) is 0 Å². The van der Waals surface area contributed by atoms with Crippen LogP contribution in [0.25, 0.3) is 0 Å². The largest absolute Gasteiger partial charge is 0.467 e. The zero-order valence-electron chi connectivity index (χ0n) is 23.6. The number of alkyl carbamates (subject to hydrolysis) is 1. The Morgan fingerprint density at radius 1 is 1.05 bits per heavy atom. The van der Waals surface area contributed by atoms with Gasteiger partial charge in [-0.25, -0.2) is 9.59 Å². The van der Waals surface area contributed by atoms with Crippen LogP contribution in [0.2, 0.25) is 0 Å². The fourth-order valence-corrected chi connectivity index (χ4v) is 4.10. The highest BCUT2D eigenvalue weighted by atomic mass is 16.6. The number of nitrogens with one attached hydrogen (secondary N) is 3. The van der Waals surface area contributed by atoms with E-state index in [1.54, 1.807) is 46.8 Å². The second kappa shape index (κ2) is 14.8. The van der Waals surface area contributed by atoms with E-state index in [0.29, 0.717) is 19.4 Å². The summed E-state index contributed by atoms with van der Waals surface area (Å²) in [6.07, 6.45) is 3.46. The van der Waals surface area contributed by atoms with Crippen molar-refractivity contribution >= 4 is 29.8 Å². The summed E-state index contributed by atoms with van der Waals surface area (Å²) in [5.41, 5.74) is -0.783. The Labute approximate surface area is 229 Å². The van der Waals surface area contributed by atoms with Gasteiger partial charge >= 0.3 is 12.1 Å². The summed E-state index contributed by atoms with van der Waals surface area (Å²) in [7, 11) is 1.21. The van der Waals surface area contributed by atoms with Crippen molar-refractivity contribution in [3.63, 3.8) is 0 Å². The van der Waals surface area contributed by atoms with Crippen LogP contribution in [-0.2, 0) is 38.1 Å². The predicted octanol–water partition coefficient (Wildman–Crippen LogP) is 0.272. The van der Waals surface area contributed by atoms with Crippen molar-refractivity contribution in [2.24, 2.45) is 5.92 Å². The number of methoxy groups -OCH3 is 1. The highest BCUT2D eigenvalue weighted by Gasteiger charge is 2.40. The molecule has 39 heavy (non-hydrogen) atoms. The van der Waals surface area contributed by atoms with Gasteiger partial charge in [0.15, 0.2) is 6.04 Å². The second-order valence-electron chi connectivity index (χ2n) is 10.7. The number of hydrogen-bond acceptors (Lipinski definition) is 9. The van der Waals surface area contributed by atoms with Crippen molar-refractivity contribution in [2.45, 2.75) is 77.2 Å². The molecule has 4 atom stereocenters. The fourth-order valence-electron chi connectivity index (χ4n) is 4.10. The number of nitrogens with zero attached hydrogens (tertiary/aromatic N) is 1. The van der Waals surface area contributed by atoms with Gasteiger partial charge in [-0.1, -0.05) is 26.0 Å². The molecule has 0 aliphatic carbocycles. The smallest absolute Gasteiger partial charge is 0.408 e. The number of esters is 1. The monoisotopic (exact) mass is 554 g/mol. The maximum Gasteiger partial charge on any atom is 0.408 e. The lowest BCUT2D eigenvalue weighted by molar-refractivity contribution is -0.148. The molecule has 2 aliphatic rings. The summed E-state index contributed by atoms with van der Waals surface area (Å²) >= 11 is 0. The van der Waals surface area contributed by atoms with Crippen molar-refractivity contribution in [3.8, 4) is 0 Å². The summed E-state index contributed by atoms with van der Waals surface area (Å²) in [5, 5.41) is 7.88. The third-order valence-electron chi connectivity index (χ3n) is 6.04. The minimum atomic E-state index is -1.14. The second-order valence-corrected chi connectivity index (χ2v) is 10.7. The molecule has 3 N–H and O–H groups in total. The Morgan fingerprint density at radius 2 is 1.69 bits per heavy atom. The van der Waals surface area contributed by atoms with Crippen molar-refractivity contribution in [3.05, 3.63) is 12.2 Å². The van der Waals surface area contributed by atoms with E-state index in [1.807, 2.05) is 0 Å². The van der Waals surface area contributed by atoms with E-state index in [0.717, 1.165) is 0 Å². The van der Waals surface area contributed by atoms with Crippen LogP contribution in [0.3, 0.4) is 0 Å². The Kier molecular flexibility index (Phi) is 12.2. The molecule has 0 unspecified atom stereocenters. The van der Waals surface area contributed by atoms with E-state index in [1.165, 1.54) is 12.0 Å². The standard InChI is InChI=1S/C26H42N4O9/c1-16(2)20-23(33)30-11-9-10-19(30)22(32)27-18(24(34)36-6)15-38-13-8-7-12-37-14-17(21(31)29-20)28-25(35)39-26(3,4)5/h7-8,16-20H,9-15H2,1-6H3,(H,27,32)(H,28,35)(H,29,31)/b8-7+/t17-,18-,19-,20-/m0/s1. The lowest BCUT2D eigenvalue weighted by Crippen LogP contribution is -2.59. The van der Waals surface area contributed by atoms with Gasteiger partial charge in [0.1, 0.15) is 23.7 Å². The van der Waals surface area contributed by atoms with Crippen LogP contribution in [0, 0.1) is 5.92 Å². The highest BCUT2D eigenvalue weighted by Crippen LogP contribution is 2.21. The van der Waals surface area contributed by atoms with Crippen LogP contribution in [0.5, 0.6) is 0 Å². The van der Waals surface area contributed by atoms with Crippen molar-refractivity contribution in [2.75, 3.05) is 40.1 Å². The van der Waals surface area contributed by atoms with E-state index in [-0.39, 0.29) is 32.3 Å². The first-order valence-corrected chi connectivity index (χ1v) is 13.1. The molecule has 13 heteroatoms. The number of hydrogen-bond donors (Lipinski definition) is 3. The van der Waals surface area contributed by atoms with E-state index in [4.69, 9.17) is 18.9 Å². The van der Waals surface area contributed by atoms with E-state index >= 15 is 0 Å². The summed E-state index contributed by atoms with van der Waals surface area (Å²) in [5.74, 6) is -2.59. The summed E-state index contributed by atoms with van der Waals surface area (Å²) < 4.78 is 21.2. The first kappa shape index (κ1) is 32.0. The average Bonchev–Trinajstić information content (AvgIpc) is 3.34. The molecular weight excluding hydrogens is 512 g/mol. The number of amides is 4. The molecule has 2 heterocycles. The van der Waals surface area contributed by atoms with Gasteiger partial charge in [-0.05, 0) is 39.5 Å². The van der Waals surface area contributed by atoms with Gasteiger partial charge in [-0.2, -0.15) is 0 Å². The first-order chi connectivity index (χ1) is 18.3. The Hall–Kier alpha value is -3.19. The topological polar surface area (TPSA) is 162 Å². The van der Waals surface area contributed by atoms with Crippen LogP contribution >= 0.6 is 0 Å². The highest BCUT2D eigenvalue weighted by molar-refractivity contribution is 5.95.